The third-order valence-corrected chi connectivity index (χ3v) is 5.35. The van der Waals surface area contributed by atoms with E-state index in [4.69, 9.17) is 4.74 Å². The summed E-state index contributed by atoms with van der Waals surface area (Å²) < 4.78 is 34.9. The fraction of sp³-hybridized carbons (Fsp3) is 0.500. The van der Waals surface area contributed by atoms with Crippen LogP contribution in [0, 0.1) is 0 Å². The fourth-order valence-electron chi connectivity index (χ4n) is 3.88. The molecule has 0 N–H and O–H groups in total. The largest absolute Gasteiger partial charge is 0.484 e. The van der Waals surface area contributed by atoms with E-state index in [2.05, 4.69) is 10.3 Å². The molecule has 160 valence electrons. The highest BCUT2D eigenvalue weighted by Crippen LogP contribution is 2.33. The molecular weight excluding hydrogens is 396 g/mol. The molecule has 2 amide bonds. The van der Waals surface area contributed by atoms with Gasteiger partial charge in [-0.15, -0.1) is 5.10 Å². The SMILES string of the molecule is O=C(c1cn(C[C@@H]2CC(F)(F)CN2C(=O)COc2ccccc2)nn1)N1CCCC1. The number of hydrogen-bond acceptors (Lipinski definition) is 5. The molecule has 0 radical (unpaired) electrons. The van der Waals surface area contributed by atoms with Crippen LogP contribution >= 0.6 is 0 Å². The summed E-state index contributed by atoms with van der Waals surface area (Å²) in [6.45, 7) is 0.414. The Bertz CT molecular complexity index is 899. The summed E-state index contributed by atoms with van der Waals surface area (Å²) in [5, 5.41) is 7.80. The lowest BCUT2D eigenvalue weighted by Gasteiger charge is -2.23. The highest BCUT2D eigenvalue weighted by Gasteiger charge is 2.47. The Labute approximate surface area is 172 Å². The number of aromatic nitrogens is 3. The number of alkyl halides is 2. The van der Waals surface area contributed by atoms with E-state index < -0.39 is 30.8 Å². The molecule has 1 aromatic heterocycles. The Morgan fingerprint density at radius 1 is 1.17 bits per heavy atom. The van der Waals surface area contributed by atoms with Crippen LogP contribution in [0.4, 0.5) is 8.78 Å². The quantitative estimate of drug-likeness (QED) is 0.714. The van der Waals surface area contributed by atoms with Crippen LogP contribution in [0.25, 0.3) is 0 Å². The van der Waals surface area contributed by atoms with Gasteiger partial charge < -0.3 is 14.5 Å². The van der Waals surface area contributed by atoms with Crippen LogP contribution in [0.2, 0.25) is 0 Å². The monoisotopic (exact) mass is 419 g/mol. The standard InChI is InChI=1S/C20H23F2N5O3/c21-20(22)10-15(27(14-20)18(28)13-30-16-6-2-1-3-7-16)11-26-12-17(23-24-26)19(29)25-8-4-5-9-25/h1-3,6-7,12,15H,4-5,8-11,13-14H2/t15-/m0/s1. The molecular formula is C20H23F2N5O3. The average molecular weight is 419 g/mol. The molecule has 30 heavy (non-hydrogen) atoms. The van der Waals surface area contributed by atoms with Gasteiger partial charge in [0.25, 0.3) is 17.7 Å². The molecule has 2 aliphatic rings. The van der Waals surface area contributed by atoms with Crippen molar-refractivity contribution < 1.29 is 23.1 Å². The van der Waals surface area contributed by atoms with Gasteiger partial charge >= 0.3 is 0 Å². The van der Waals surface area contributed by atoms with E-state index >= 15 is 0 Å². The van der Waals surface area contributed by atoms with E-state index in [-0.39, 0.29) is 24.8 Å². The van der Waals surface area contributed by atoms with Crippen LogP contribution in [-0.2, 0) is 11.3 Å². The zero-order valence-electron chi connectivity index (χ0n) is 16.4. The van der Waals surface area contributed by atoms with Crippen molar-refractivity contribution in [2.45, 2.75) is 37.8 Å². The number of likely N-dealkylation sites (tertiary alicyclic amines) is 2. The van der Waals surface area contributed by atoms with E-state index in [1.807, 2.05) is 6.07 Å². The van der Waals surface area contributed by atoms with Crippen LogP contribution in [0.1, 0.15) is 29.8 Å². The highest BCUT2D eigenvalue weighted by molar-refractivity contribution is 5.92. The van der Waals surface area contributed by atoms with E-state index in [1.165, 1.54) is 10.9 Å². The lowest BCUT2D eigenvalue weighted by molar-refractivity contribution is -0.135. The predicted octanol–water partition coefficient (Wildman–Crippen LogP) is 1.83. The van der Waals surface area contributed by atoms with Crippen molar-refractivity contribution in [3.8, 4) is 5.75 Å². The average Bonchev–Trinajstić information content (AvgIpc) is 3.47. The first-order valence-electron chi connectivity index (χ1n) is 9.96. The smallest absolute Gasteiger partial charge is 0.276 e. The summed E-state index contributed by atoms with van der Waals surface area (Å²) in [7, 11) is 0. The Morgan fingerprint density at radius 3 is 2.63 bits per heavy atom. The third kappa shape index (κ3) is 4.58. The summed E-state index contributed by atoms with van der Waals surface area (Å²) in [4.78, 5) is 27.8. The van der Waals surface area contributed by atoms with Crippen LogP contribution < -0.4 is 4.74 Å². The first kappa shape index (κ1) is 20.2. The molecule has 2 fully saturated rings. The summed E-state index contributed by atoms with van der Waals surface area (Å²) in [6, 6.07) is 7.96. The molecule has 0 unspecified atom stereocenters. The third-order valence-electron chi connectivity index (χ3n) is 5.35. The van der Waals surface area contributed by atoms with Crippen LogP contribution in [0.5, 0.6) is 5.75 Å². The van der Waals surface area contributed by atoms with Crippen molar-refractivity contribution in [1.29, 1.82) is 0 Å². The number of carbonyl (C=O) groups is 2. The minimum atomic E-state index is -2.98. The van der Waals surface area contributed by atoms with Crippen molar-refractivity contribution in [3.05, 3.63) is 42.2 Å². The predicted molar refractivity (Wildman–Crippen MR) is 102 cm³/mol. The lowest BCUT2D eigenvalue weighted by Crippen LogP contribution is -2.41. The van der Waals surface area contributed by atoms with Crippen LogP contribution in [0.15, 0.2) is 36.5 Å². The second-order valence-corrected chi connectivity index (χ2v) is 7.66. The number of hydrogen-bond donors (Lipinski definition) is 0. The molecule has 0 bridgehead atoms. The summed E-state index contributed by atoms with van der Waals surface area (Å²) >= 11 is 0. The number of nitrogens with zero attached hydrogens (tertiary/aromatic N) is 5. The molecule has 1 atom stereocenters. The van der Waals surface area contributed by atoms with Crippen molar-refractivity contribution >= 4 is 11.8 Å². The van der Waals surface area contributed by atoms with Gasteiger partial charge in [0.1, 0.15) is 5.75 Å². The minimum absolute atomic E-state index is 0.0347. The van der Waals surface area contributed by atoms with Crippen molar-refractivity contribution in [3.63, 3.8) is 0 Å². The van der Waals surface area contributed by atoms with Gasteiger partial charge in [0, 0.05) is 19.5 Å². The Kier molecular flexibility index (Phi) is 5.65. The van der Waals surface area contributed by atoms with Gasteiger partial charge in [-0.3, -0.25) is 9.59 Å². The Morgan fingerprint density at radius 2 is 1.90 bits per heavy atom. The summed E-state index contributed by atoms with van der Waals surface area (Å²) in [6.07, 6.45) is 2.90. The van der Waals surface area contributed by atoms with Crippen LogP contribution in [-0.4, -0.2) is 74.8 Å². The number of ether oxygens (including phenoxy) is 1. The molecule has 2 aromatic rings. The number of carbonyl (C=O) groups excluding carboxylic acids is 2. The molecule has 0 saturated carbocycles. The Balaban J connectivity index is 1.40. The molecule has 0 aliphatic carbocycles. The van der Waals surface area contributed by atoms with Crippen molar-refractivity contribution in [1.82, 2.24) is 24.8 Å². The number of amides is 2. The van der Waals surface area contributed by atoms with E-state index in [9.17, 15) is 18.4 Å². The Hall–Kier alpha value is -3.04. The summed E-state index contributed by atoms with van der Waals surface area (Å²) in [5.74, 6) is -3.22. The normalized spacial score (nSPS) is 20.5. The lowest BCUT2D eigenvalue weighted by atomic mass is 10.2. The number of halogens is 2. The van der Waals surface area contributed by atoms with E-state index in [0.717, 1.165) is 17.7 Å². The van der Waals surface area contributed by atoms with Gasteiger partial charge in [0.05, 0.1) is 25.3 Å². The van der Waals surface area contributed by atoms with Crippen LogP contribution in [0.3, 0.4) is 0 Å². The molecule has 3 heterocycles. The maximum Gasteiger partial charge on any atom is 0.276 e. The van der Waals surface area contributed by atoms with Gasteiger partial charge in [-0.2, -0.15) is 0 Å². The van der Waals surface area contributed by atoms with Gasteiger partial charge in [0.15, 0.2) is 12.3 Å². The maximum absolute atomic E-state index is 14.1. The maximum atomic E-state index is 14.1. The van der Waals surface area contributed by atoms with Gasteiger partial charge in [0.2, 0.25) is 0 Å². The topological polar surface area (TPSA) is 80.6 Å². The van der Waals surface area contributed by atoms with E-state index in [1.54, 1.807) is 29.2 Å². The first-order valence-corrected chi connectivity index (χ1v) is 9.96. The number of para-hydroxylation sites is 1. The van der Waals surface area contributed by atoms with E-state index in [0.29, 0.717) is 18.8 Å². The molecule has 0 spiro atoms. The second kappa shape index (κ2) is 8.37. The first-order chi connectivity index (χ1) is 14.4. The summed E-state index contributed by atoms with van der Waals surface area (Å²) in [5.41, 5.74) is 0.187. The fourth-order valence-corrected chi connectivity index (χ4v) is 3.88. The highest BCUT2D eigenvalue weighted by atomic mass is 19.3. The second-order valence-electron chi connectivity index (χ2n) is 7.66. The minimum Gasteiger partial charge on any atom is -0.484 e. The number of rotatable bonds is 6. The zero-order chi connectivity index (χ0) is 21.1. The number of benzene rings is 1. The molecule has 4 rings (SSSR count). The van der Waals surface area contributed by atoms with Gasteiger partial charge in [-0.05, 0) is 25.0 Å². The molecule has 2 saturated heterocycles. The van der Waals surface area contributed by atoms with Crippen molar-refractivity contribution in [2.75, 3.05) is 26.2 Å². The van der Waals surface area contributed by atoms with Crippen molar-refractivity contribution in [2.24, 2.45) is 0 Å². The molecule has 2 aliphatic heterocycles. The molecule has 8 nitrogen and oxygen atoms in total. The zero-order valence-corrected chi connectivity index (χ0v) is 16.4. The molecule has 10 heteroatoms. The molecule has 1 aromatic carbocycles. The van der Waals surface area contributed by atoms with Gasteiger partial charge in [-0.25, -0.2) is 13.5 Å². The van der Waals surface area contributed by atoms with Gasteiger partial charge in [-0.1, -0.05) is 23.4 Å².